The molecule has 134 valence electrons. The van der Waals surface area contributed by atoms with E-state index in [1.54, 1.807) is 13.3 Å². The molecule has 0 aliphatic rings. The van der Waals surface area contributed by atoms with Crippen molar-refractivity contribution in [2.24, 2.45) is 0 Å². The molecule has 2 heterocycles. The van der Waals surface area contributed by atoms with Crippen molar-refractivity contribution in [2.45, 2.75) is 20.8 Å². The van der Waals surface area contributed by atoms with Crippen LogP contribution in [0.5, 0.6) is 5.75 Å². The van der Waals surface area contributed by atoms with Crippen LogP contribution in [-0.2, 0) is 0 Å². The van der Waals surface area contributed by atoms with Crippen LogP contribution < -0.4 is 10.5 Å². The summed E-state index contributed by atoms with van der Waals surface area (Å²) in [7, 11) is 1.65. The Labute approximate surface area is 157 Å². The van der Waals surface area contributed by atoms with Crippen LogP contribution >= 0.6 is 0 Å². The number of ether oxygens (including phenoxy) is 1. The number of benzene rings is 2. The van der Waals surface area contributed by atoms with Gasteiger partial charge in [-0.3, -0.25) is 9.55 Å². The Morgan fingerprint density at radius 2 is 1.85 bits per heavy atom. The first kappa shape index (κ1) is 16.9. The van der Waals surface area contributed by atoms with Gasteiger partial charge in [0.25, 0.3) is 0 Å². The van der Waals surface area contributed by atoms with Crippen LogP contribution in [0.4, 0.5) is 5.82 Å². The zero-order valence-electron chi connectivity index (χ0n) is 15.8. The molecule has 4 aromatic rings. The van der Waals surface area contributed by atoms with Crippen LogP contribution in [0.15, 0.2) is 36.7 Å². The fourth-order valence-corrected chi connectivity index (χ4v) is 3.97. The third kappa shape index (κ3) is 2.27. The van der Waals surface area contributed by atoms with E-state index in [0.29, 0.717) is 11.4 Å². The second kappa shape index (κ2) is 6.03. The number of fused-ring (bicyclic) bond motifs is 3. The second-order valence-corrected chi connectivity index (χ2v) is 6.78. The van der Waals surface area contributed by atoms with Gasteiger partial charge in [-0.15, -0.1) is 0 Å². The van der Waals surface area contributed by atoms with Gasteiger partial charge in [0, 0.05) is 28.7 Å². The monoisotopic (exact) mass is 356 g/mol. The zero-order chi connectivity index (χ0) is 19.3. The van der Waals surface area contributed by atoms with E-state index in [4.69, 9.17) is 10.5 Å². The van der Waals surface area contributed by atoms with Gasteiger partial charge in [-0.05, 0) is 55.5 Å². The number of nitrogen functional groups attached to an aromatic ring is 1. The minimum absolute atomic E-state index is 0.433. The lowest BCUT2D eigenvalue weighted by molar-refractivity contribution is 0.411. The highest BCUT2D eigenvalue weighted by molar-refractivity contribution is 6.11. The van der Waals surface area contributed by atoms with Crippen molar-refractivity contribution < 1.29 is 4.74 Å². The van der Waals surface area contributed by atoms with Gasteiger partial charge in [-0.1, -0.05) is 6.07 Å². The number of methoxy groups -OCH3 is 1. The predicted octanol–water partition coefficient (Wildman–Crippen LogP) is 4.57. The summed E-state index contributed by atoms with van der Waals surface area (Å²) in [4.78, 5) is 4.32. The van der Waals surface area contributed by atoms with Crippen molar-refractivity contribution in [3.8, 4) is 17.5 Å². The largest absolute Gasteiger partial charge is 0.496 e. The van der Waals surface area contributed by atoms with Gasteiger partial charge >= 0.3 is 0 Å². The predicted molar refractivity (Wildman–Crippen MR) is 108 cm³/mol. The molecule has 4 rings (SSSR count). The molecule has 2 aromatic carbocycles. The Balaban J connectivity index is 2.29. The van der Waals surface area contributed by atoms with Gasteiger partial charge in [0.2, 0.25) is 0 Å². The molecule has 0 saturated heterocycles. The SMILES string of the molecule is COc1ccc(C)c(-n2c(N)c(C#N)c3cc(C)c4ccncc4c32)c1C. The Kier molecular flexibility index (Phi) is 3.78. The molecule has 0 aliphatic carbocycles. The van der Waals surface area contributed by atoms with E-state index in [-0.39, 0.29) is 0 Å². The topological polar surface area (TPSA) is 76.9 Å². The Bertz CT molecular complexity index is 1260. The van der Waals surface area contributed by atoms with Gasteiger partial charge in [-0.2, -0.15) is 5.26 Å². The maximum absolute atomic E-state index is 9.80. The number of hydrogen-bond donors (Lipinski definition) is 1. The summed E-state index contributed by atoms with van der Waals surface area (Å²) < 4.78 is 7.50. The Morgan fingerprint density at radius 1 is 1.07 bits per heavy atom. The van der Waals surface area contributed by atoms with Gasteiger partial charge < -0.3 is 10.5 Å². The van der Waals surface area contributed by atoms with E-state index < -0.39 is 0 Å². The van der Waals surface area contributed by atoms with E-state index in [9.17, 15) is 5.26 Å². The van der Waals surface area contributed by atoms with E-state index in [1.807, 2.05) is 55.8 Å². The van der Waals surface area contributed by atoms with E-state index in [1.165, 1.54) is 0 Å². The normalized spacial score (nSPS) is 11.1. The average molecular weight is 356 g/mol. The van der Waals surface area contributed by atoms with Crippen LogP contribution in [0, 0.1) is 32.1 Å². The van der Waals surface area contributed by atoms with Crippen molar-refractivity contribution in [3.05, 3.63) is 58.9 Å². The molecule has 0 spiro atoms. The van der Waals surface area contributed by atoms with E-state index in [2.05, 4.69) is 11.1 Å². The minimum atomic E-state index is 0.433. The number of hydrogen-bond acceptors (Lipinski definition) is 4. The molecule has 0 radical (unpaired) electrons. The molecule has 2 N–H and O–H groups in total. The second-order valence-electron chi connectivity index (χ2n) is 6.78. The summed E-state index contributed by atoms with van der Waals surface area (Å²) in [5.41, 5.74) is 12.0. The molecule has 0 unspecified atom stereocenters. The first-order chi connectivity index (χ1) is 13.0. The first-order valence-electron chi connectivity index (χ1n) is 8.71. The minimum Gasteiger partial charge on any atom is -0.496 e. The molecule has 0 amide bonds. The van der Waals surface area contributed by atoms with E-state index >= 15 is 0 Å². The number of rotatable bonds is 2. The number of nitrogens with two attached hydrogens (primary N) is 1. The van der Waals surface area contributed by atoms with Gasteiger partial charge in [0.05, 0.1) is 18.3 Å². The maximum Gasteiger partial charge on any atom is 0.127 e. The smallest absolute Gasteiger partial charge is 0.127 e. The third-order valence-electron chi connectivity index (χ3n) is 5.25. The summed E-state index contributed by atoms with van der Waals surface area (Å²) in [6, 6.07) is 10.3. The van der Waals surface area contributed by atoms with Crippen molar-refractivity contribution in [2.75, 3.05) is 12.8 Å². The Hall–Kier alpha value is -3.52. The number of aryl methyl sites for hydroxylation is 2. The number of nitriles is 1. The molecule has 0 saturated carbocycles. The lowest BCUT2D eigenvalue weighted by Gasteiger charge is -2.18. The number of nitrogens with zero attached hydrogens (tertiary/aromatic N) is 3. The highest BCUT2D eigenvalue weighted by Gasteiger charge is 2.22. The first-order valence-corrected chi connectivity index (χ1v) is 8.71. The van der Waals surface area contributed by atoms with Crippen LogP contribution in [0.25, 0.3) is 27.4 Å². The standard InChI is InChI=1S/C22H20N4O/c1-12-5-6-19(27-4)14(3)20(12)26-21-16(17(10-23)22(26)24)9-13(2)15-7-8-25-11-18(15)21/h5-9,11H,24H2,1-4H3. The fourth-order valence-electron chi connectivity index (χ4n) is 3.97. The van der Waals surface area contributed by atoms with Gasteiger partial charge in [-0.25, -0.2) is 0 Å². The summed E-state index contributed by atoms with van der Waals surface area (Å²) in [5, 5.41) is 12.7. The number of anilines is 1. The summed E-state index contributed by atoms with van der Waals surface area (Å²) in [6.45, 7) is 6.08. The maximum atomic E-state index is 9.80. The molecular weight excluding hydrogens is 336 g/mol. The summed E-state index contributed by atoms with van der Waals surface area (Å²) >= 11 is 0. The molecule has 0 fully saturated rings. The van der Waals surface area contributed by atoms with Crippen LogP contribution in [0.2, 0.25) is 0 Å². The zero-order valence-corrected chi connectivity index (χ0v) is 15.8. The Morgan fingerprint density at radius 3 is 2.56 bits per heavy atom. The van der Waals surface area contributed by atoms with Crippen LogP contribution in [0.3, 0.4) is 0 Å². The molecule has 2 aromatic heterocycles. The molecule has 0 bridgehead atoms. The molecule has 0 atom stereocenters. The number of pyridine rings is 1. The molecule has 5 heteroatoms. The molecule has 27 heavy (non-hydrogen) atoms. The summed E-state index contributed by atoms with van der Waals surface area (Å²) in [5.74, 6) is 1.22. The van der Waals surface area contributed by atoms with Gasteiger partial charge in [0.1, 0.15) is 23.2 Å². The van der Waals surface area contributed by atoms with Crippen LogP contribution in [0.1, 0.15) is 22.3 Å². The lowest BCUT2D eigenvalue weighted by Crippen LogP contribution is -2.06. The third-order valence-corrected chi connectivity index (χ3v) is 5.25. The lowest BCUT2D eigenvalue weighted by atomic mass is 10.0. The highest BCUT2D eigenvalue weighted by Crippen LogP contribution is 2.40. The highest BCUT2D eigenvalue weighted by atomic mass is 16.5. The molecular formula is C22H20N4O. The fraction of sp³-hybridized carbons (Fsp3) is 0.182. The van der Waals surface area contributed by atoms with Crippen LogP contribution in [-0.4, -0.2) is 16.7 Å². The molecule has 0 aliphatic heterocycles. The van der Waals surface area contributed by atoms with Crippen molar-refractivity contribution in [1.29, 1.82) is 5.26 Å². The number of aromatic nitrogens is 2. The van der Waals surface area contributed by atoms with E-state index in [0.717, 1.165) is 49.8 Å². The van der Waals surface area contributed by atoms with Gasteiger partial charge in [0.15, 0.2) is 0 Å². The van der Waals surface area contributed by atoms with Crippen molar-refractivity contribution in [1.82, 2.24) is 9.55 Å². The quantitative estimate of drug-likeness (QED) is 0.571. The summed E-state index contributed by atoms with van der Waals surface area (Å²) in [6.07, 6.45) is 3.62. The molecule has 5 nitrogen and oxygen atoms in total. The van der Waals surface area contributed by atoms with Crippen molar-refractivity contribution in [3.63, 3.8) is 0 Å². The van der Waals surface area contributed by atoms with Crippen molar-refractivity contribution >= 4 is 27.5 Å². The average Bonchev–Trinajstić information content (AvgIpc) is 2.94.